The molecule has 0 fully saturated rings. The number of amides is 2. The second-order valence-electron chi connectivity index (χ2n) is 6.19. The molecule has 1 heterocycles. The highest BCUT2D eigenvalue weighted by atomic mass is 35.5. The van der Waals surface area contributed by atoms with Crippen molar-refractivity contribution in [2.24, 2.45) is 0 Å². The molecule has 2 aromatic carbocycles. The number of anilines is 1. The van der Waals surface area contributed by atoms with Crippen LogP contribution in [-0.4, -0.2) is 22.0 Å². The van der Waals surface area contributed by atoms with Crippen LogP contribution in [0.5, 0.6) is 0 Å². The number of hydrogen-bond acceptors (Lipinski definition) is 5. The van der Waals surface area contributed by atoms with Gasteiger partial charge < -0.3 is 10.6 Å². The average molecular weight is 449 g/mol. The van der Waals surface area contributed by atoms with Gasteiger partial charge in [0, 0.05) is 35.1 Å². The number of carbonyl (C=O) groups excluding carboxylic acids is 2. The quantitative estimate of drug-likeness (QED) is 0.521. The lowest BCUT2D eigenvalue weighted by atomic mass is 10.2. The standard InChI is InChI=1S/C20H18Cl2N4O2S/c21-14-6-3-7-15(11-14)24-19(28)20-26-25-18(29-20)10-4-9-17(27)23-12-13-5-1-2-8-16(13)22/h1-3,5-8,11H,4,9-10,12H2,(H,23,27)(H,24,28). The Morgan fingerprint density at radius 3 is 2.66 bits per heavy atom. The minimum absolute atomic E-state index is 0.0617. The monoisotopic (exact) mass is 448 g/mol. The van der Waals surface area contributed by atoms with Gasteiger partial charge in [0.25, 0.3) is 5.91 Å². The summed E-state index contributed by atoms with van der Waals surface area (Å²) >= 11 is 13.2. The van der Waals surface area contributed by atoms with E-state index in [1.165, 1.54) is 11.3 Å². The van der Waals surface area contributed by atoms with Gasteiger partial charge in [-0.15, -0.1) is 10.2 Å². The summed E-state index contributed by atoms with van der Waals surface area (Å²) in [7, 11) is 0. The van der Waals surface area contributed by atoms with Gasteiger partial charge >= 0.3 is 0 Å². The van der Waals surface area contributed by atoms with Crippen LogP contribution in [0.2, 0.25) is 10.0 Å². The average Bonchev–Trinajstić information content (AvgIpc) is 3.16. The molecule has 2 N–H and O–H groups in total. The van der Waals surface area contributed by atoms with Crippen LogP contribution in [0.1, 0.15) is 33.2 Å². The van der Waals surface area contributed by atoms with Gasteiger partial charge in [-0.3, -0.25) is 9.59 Å². The molecule has 0 unspecified atom stereocenters. The lowest BCUT2D eigenvalue weighted by Crippen LogP contribution is -2.22. The summed E-state index contributed by atoms with van der Waals surface area (Å²) in [6.45, 7) is 0.394. The van der Waals surface area contributed by atoms with Gasteiger partial charge in [0.05, 0.1) is 0 Å². The second kappa shape index (κ2) is 10.3. The number of aryl methyl sites for hydroxylation is 1. The molecule has 0 aliphatic rings. The Balaban J connectivity index is 1.42. The highest BCUT2D eigenvalue weighted by Gasteiger charge is 2.13. The van der Waals surface area contributed by atoms with Gasteiger partial charge in [-0.25, -0.2) is 0 Å². The third-order valence-corrected chi connectivity index (χ3v) is 5.56. The smallest absolute Gasteiger partial charge is 0.286 e. The Kier molecular flexibility index (Phi) is 7.57. The number of nitrogens with zero attached hydrogens (tertiary/aromatic N) is 2. The van der Waals surface area contributed by atoms with E-state index in [0.717, 1.165) is 5.56 Å². The number of halogens is 2. The van der Waals surface area contributed by atoms with Gasteiger partial charge in [0.2, 0.25) is 10.9 Å². The van der Waals surface area contributed by atoms with E-state index in [1.54, 1.807) is 30.3 Å². The SMILES string of the molecule is O=C(CCCc1nnc(C(=O)Nc2cccc(Cl)c2)s1)NCc1ccccc1Cl. The first-order valence-electron chi connectivity index (χ1n) is 8.90. The Morgan fingerprint density at radius 2 is 1.86 bits per heavy atom. The highest BCUT2D eigenvalue weighted by molar-refractivity contribution is 7.13. The van der Waals surface area contributed by atoms with Crippen LogP contribution < -0.4 is 10.6 Å². The molecule has 3 rings (SSSR count). The van der Waals surface area contributed by atoms with Gasteiger partial charge in [-0.1, -0.05) is 58.8 Å². The molecule has 0 saturated carbocycles. The van der Waals surface area contributed by atoms with E-state index < -0.39 is 0 Å². The maximum Gasteiger partial charge on any atom is 0.286 e. The zero-order chi connectivity index (χ0) is 20.6. The molecule has 2 amide bonds. The lowest BCUT2D eigenvalue weighted by molar-refractivity contribution is -0.121. The molecule has 0 bridgehead atoms. The van der Waals surface area contributed by atoms with Crippen molar-refractivity contribution in [3.63, 3.8) is 0 Å². The fraction of sp³-hybridized carbons (Fsp3) is 0.200. The van der Waals surface area contributed by atoms with Crippen molar-refractivity contribution in [1.29, 1.82) is 0 Å². The summed E-state index contributed by atoms with van der Waals surface area (Å²) in [5.74, 6) is -0.401. The Hall–Kier alpha value is -2.48. The van der Waals surface area contributed by atoms with Crippen LogP contribution in [0, 0.1) is 0 Å². The molecule has 0 aliphatic heterocycles. The maximum atomic E-state index is 12.2. The predicted molar refractivity (Wildman–Crippen MR) is 116 cm³/mol. The van der Waals surface area contributed by atoms with E-state index in [0.29, 0.717) is 46.5 Å². The summed E-state index contributed by atoms with van der Waals surface area (Å²) in [4.78, 5) is 24.2. The first kappa shape index (κ1) is 21.2. The summed E-state index contributed by atoms with van der Waals surface area (Å²) in [6.07, 6.45) is 1.54. The van der Waals surface area contributed by atoms with E-state index in [9.17, 15) is 9.59 Å². The van der Waals surface area contributed by atoms with Gasteiger partial charge in [-0.2, -0.15) is 0 Å². The number of nitrogens with one attached hydrogen (secondary N) is 2. The zero-order valence-electron chi connectivity index (χ0n) is 15.3. The van der Waals surface area contributed by atoms with E-state index >= 15 is 0 Å². The van der Waals surface area contributed by atoms with Crippen LogP contribution in [0.3, 0.4) is 0 Å². The number of rotatable bonds is 8. The van der Waals surface area contributed by atoms with E-state index in [2.05, 4.69) is 20.8 Å². The van der Waals surface area contributed by atoms with Crippen LogP contribution in [0.25, 0.3) is 0 Å². The molecule has 29 heavy (non-hydrogen) atoms. The Morgan fingerprint density at radius 1 is 1.03 bits per heavy atom. The van der Waals surface area contributed by atoms with E-state index in [-0.39, 0.29) is 16.8 Å². The summed E-state index contributed by atoms with van der Waals surface area (Å²) in [5.41, 5.74) is 1.47. The summed E-state index contributed by atoms with van der Waals surface area (Å²) in [5, 5.41) is 15.7. The molecule has 0 spiro atoms. The first-order valence-corrected chi connectivity index (χ1v) is 10.5. The molecule has 3 aromatic rings. The Labute approximate surface area is 182 Å². The minimum atomic E-state index is -0.339. The van der Waals surface area contributed by atoms with Crippen LogP contribution in [-0.2, 0) is 17.8 Å². The molecule has 0 saturated heterocycles. The van der Waals surface area contributed by atoms with Crippen molar-refractivity contribution >= 4 is 52.0 Å². The number of benzene rings is 2. The van der Waals surface area contributed by atoms with Crippen molar-refractivity contribution in [3.05, 3.63) is 74.2 Å². The summed E-state index contributed by atoms with van der Waals surface area (Å²) < 4.78 is 0. The molecule has 9 heteroatoms. The number of aromatic nitrogens is 2. The van der Waals surface area contributed by atoms with E-state index in [1.807, 2.05) is 18.2 Å². The zero-order valence-corrected chi connectivity index (χ0v) is 17.7. The normalized spacial score (nSPS) is 10.6. The molecule has 6 nitrogen and oxygen atoms in total. The maximum absolute atomic E-state index is 12.2. The van der Waals surface area contributed by atoms with Gasteiger partial charge in [-0.05, 0) is 36.2 Å². The summed E-state index contributed by atoms with van der Waals surface area (Å²) in [6, 6.07) is 14.3. The van der Waals surface area contributed by atoms with Crippen LogP contribution >= 0.6 is 34.5 Å². The second-order valence-corrected chi connectivity index (χ2v) is 8.09. The van der Waals surface area contributed by atoms with Gasteiger partial charge in [0.1, 0.15) is 5.01 Å². The number of carbonyl (C=O) groups is 2. The fourth-order valence-corrected chi connectivity index (χ4v) is 3.69. The van der Waals surface area contributed by atoms with Crippen molar-refractivity contribution in [2.45, 2.75) is 25.8 Å². The molecule has 150 valence electrons. The van der Waals surface area contributed by atoms with Crippen molar-refractivity contribution in [3.8, 4) is 0 Å². The first-order chi connectivity index (χ1) is 14.0. The van der Waals surface area contributed by atoms with Crippen LogP contribution in [0.15, 0.2) is 48.5 Å². The van der Waals surface area contributed by atoms with Crippen molar-refractivity contribution in [1.82, 2.24) is 15.5 Å². The molecule has 0 radical (unpaired) electrons. The topological polar surface area (TPSA) is 84.0 Å². The Bertz CT molecular complexity index is 1010. The van der Waals surface area contributed by atoms with Crippen molar-refractivity contribution in [2.75, 3.05) is 5.32 Å². The molecular formula is C20H18Cl2N4O2S. The van der Waals surface area contributed by atoms with Crippen molar-refractivity contribution < 1.29 is 9.59 Å². The third-order valence-electron chi connectivity index (χ3n) is 3.97. The lowest BCUT2D eigenvalue weighted by Gasteiger charge is -2.06. The third kappa shape index (κ3) is 6.52. The number of hydrogen-bond donors (Lipinski definition) is 2. The molecule has 0 atom stereocenters. The molecule has 0 aliphatic carbocycles. The van der Waals surface area contributed by atoms with E-state index in [4.69, 9.17) is 23.2 Å². The predicted octanol–water partition coefficient (Wildman–Crippen LogP) is 4.74. The van der Waals surface area contributed by atoms with Crippen LogP contribution in [0.4, 0.5) is 5.69 Å². The fourth-order valence-electron chi connectivity index (χ4n) is 2.52. The van der Waals surface area contributed by atoms with Gasteiger partial charge in [0.15, 0.2) is 0 Å². The minimum Gasteiger partial charge on any atom is -0.352 e. The molecular weight excluding hydrogens is 431 g/mol. The largest absolute Gasteiger partial charge is 0.352 e. The highest BCUT2D eigenvalue weighted by Crippen LogP contribution is 2.18. The molecule has 1 aromatic heterocycles.